The predicted molar refractivity (Wildman–Crippen MR) is 93.6 cm³/mol. The van der Waals surface area contributed by atoms with Gasteiger partial charge in [-0.3, -0.25) is 14.0 Å². The van der Waals surface area contributed by atoms with Crippen LogP contribution in [0.25, 0.3) is 4.96 Å². The molecule has 0 aliphatic heterocycles. The molecule has 6 heteroatoms. The van der Waals surface area contributed by atoms with E-state index < -0.39 is 0 Å². The molecule has 1 N–H and O–H groups in total. The van der Waals surface area contributed by atoms with Crippen molar-refractivity contribution in [3.8, 4) is 0 Å². The van der Waals surface area contributed by atoms with E-state index in [1.165, 1.54) is 27.5 Å². The zero-order chi connectivity index (χ0) is 16.7. The second-order valence-corrected chi connectivity index (χ2v) is 7.38. The summed E-state index contributed by atoms with van der Waals surface area (Å²) in [4.78, 5) is 30.8. The molecule has 2 heterocycles. The number of amides is 1. The fourth-order valence-corrected chi connectivity index (χ4v) is 3.71. The lowest BCUT2D eigenvalue weighted by Crippen LogP contribution is -2.33. The Balaban J connectivity index is 1.63. The fourth-order valence-electron chi connectivity index (χ4n) is 2.73. The van der Waals surface area contributed by atoms with Gasteiger partial charge in [-0.1, -0.05) is 37.3 Å². The van der Waals surface area contributed by atoms with Crippen LogP contribution in [0.15, 0.2) is 47.5 Å². The molecule has 5 nitrogen and oxygen atoms in total. The summed E-state index contributed by atoms with van der Waals surface area (Å²) in [6.45, 7) is 2.08. The molecule has 0 radical (unpaired) electrons. The van der Waals surface area contributed by atoms with Gasteiger partial charge < -0.3 is 5.32 Å². The first-order valence-electron chi connectivity index (χ1n) is 7.96. The number of carbonyl (C=O) groups is 1. The van der Waals surface area contributed by atoms with E-state index in [2.05, 4.69) is 29.4 Å². The minimum Gasteiger partial charge on any atom is -0.349 e. The van der Waals surface area contributed by atoms with E-state index in [0.29, 0.717) is 10.9 Å². The summed E-state index contributed by atoms with van der Waals surface area (Å²) in [6.07, 6.45) is 4.90. The first-order chi connectivity index (χ1) is 11.6. The molecular weight excluding hydrogens is 322 g/mol. The molecule has 1 saturated carbocycles. The maximum absolute atomic E-state index is 12.6. The number of hydrogen-bond acceptors (Lipinski definition) is 4. The Bertz CT molecular complexity index is 961. The van der Waals surface area contributed by atoms with Crippen molar-refractivity contribution in [2.45, 2.75) is 25.8 Å². The van der Waals surface area contributed by atoms with E-state index in [4.69, 9.17) is 0 Å². The van der Waals surface area contributed by atoms with E-state index in [9.17, 15) is 9.59 Å². The van der Waals surface area contributed by atoms with Crippen molar-refractivity contribution in [1.82, 2.24) is 14.7 Å². The molecule has 1 aliphatic rings. The van der Waals surface area contributed by atoms with Crippen molar-refractivity contribution in [3.05, 3.63) is 69.1 Å². The number of fused-ring (bicyclic) bond motifs is 1. The highest BCUT2D eigenvalue weighted by Crippen LogP contribution is 2.29. The van der Waals surface area contributed by atoms with Gasteiger partial charge in [0.1, 0.15) is 5.56 Å². The van der Waals surface area contributed by atoms with Gasteiger partial charge in [-0.15, -0.1) is 11.3 Å². The summed E-state index contributed by atoms with van der Waals surface area (Å²) in [7, 11) is 0. The minimum absolute atomic E-state index is 0.107. The molecule has 0 bridgehead atoms. The van der Waals surface area contributed by atoms with Crippen LogP contribution in [0.4, 0.5) is 0 Å². The van der Waals surface area contributed by atoms with Crippen molar-refractivity contribution < 1.29 is 4.79 Å². The summed E-state index contributed by atoms with van der Waals surface area (Å²) in [5, 5.41) is 2.88. The quantitative estimate of drug-likeness (QED) is 0.794. The van der Waals surface area contributed by atoms with Gasteiger partial charge >= 0.3 is 0 Å². The second kappa shape index (κ2) is 5.87. The Morgan fingerprint density at radius 2 is 2.12 bits per heavy atom. The largest absolute Gasteiger partial charge is 0.349 e. The first-order valence-corrected chi connectivity index (χ1v) is 8.78. The van der Waals surface area contributed by atoms with Crippen LogP contribution in [0.5, 0.6) is 0 Å². The van der Waals surface area contributed by atoms with Crippen molar-refractivity contribution >= 4 is 22.2 Å². The molecule has 1 aromatic carbocycles. The normalized spacial score (nSPS) is 19.4. The number of nitrogens with one attached hydrogen (secondary N) is 1. The molecule has 2 atom stereocenters. The highest BCUT2D eigenvalue weighted by atomic mass is 32.1. The number of thiazole rings is 1. The average molecular weight is 339 g/mol. The number of rotatable bonds is 4. The van der Waals surface area contributed by atoms with Crippen LogP contribution in [0.2, 0.25) is 0 Å². The zero-order valence-corrected chi connectivity index (χ0v) is 14.0. The van der Waals surface area contributed by atoms with Gasteiger partial charge in [-0.2, -0.15) is 0 Å². The van der Waals surface area contributed by atoms with Crippen LogP contribution in [0.3, 0.4) is 0 Å². The van der Waals surface area contributed by atoms with Gasteiger partial charge in [0.05, 0.1) is 0 Å². The first kappa shape index (κ1) is 15.1. The van der Waals surface area contributed by atoms with E-state index in [-0.39, 0.29) is 23.1 Å². The van der Waals surface area contributed by atoms with Crippen LogP contribution in [-0.2, 0) is 6.42 Å². The number of benzene rings is 1. The molecule has 2 unspecified atom stereocenters. The Kier molecular flexibility index (Phi) is 3.69. The van der Waals surface area contributed by atoms with Crippen LogP contribution in [0.1, 0.15) is 34.1 Å². The predicted octanol–water partition coefficient (Wildman–Crippen LogP) is 2.49. The SMILES string of the molecule is CC1CC1NC(=O)c1cnc2sc(Cc3ccccc3)cn2c1=O. The number of carbonyl (C=O) groups excluding carboxylic acids is 1. The molecule has 4 rings (SSSR count). The summed E-state index contributed by atoms with van der Waals surface area (Å²) in [5.74, 6) is 0.166. The van der Waals surface area contributed by atoms with E-state index in [0.717, 1.165) is 17.7 Å². The third kappa shape index (κ3) is 2.85. The summed E-state index contributed by atoms with van der Waals surface area (Å²) >= 11 is 1.47. The van der Waals surface area contributed by atoms with E-state index in [1.54, 1.807) is 6.20 Å². The molecular formula is C18H17N3O2S. The molecule has 0 spiro atoms. The minimum atomic E-state index is -0.327. The standard InChI is InChI=1S/C18H17N3O2S/c1-11-7-15(11)20-16(22)14-9-19-18-21(17(14)23)10-13(24-18)8-12-5-3-2-4-6-12/h2-6,9-11,15H,7-8H2,1H3,(H,20,22). The molecule has 3 aromatic rings. The Labute approximate surface area is 143 Å². The molecule has 1 amide bonds. The fraction of sp³-hybridized carbons (Fsp3) is 0.278. The van der Waals surface area contributed by atoms with Crippen molar-refractivity contribution in [2.75, 3.05) is 0 Å². The average Bonchev–Trinajstić information content (AvgIpc) is 3.09. The molecule has 24 heavy (non-hydrogen) atoms. The van der Waals surface area contributed by atoms with E-state index >= 15 is 0 Å². The summed E-state index contributed by atoms with van der Waals surface area (Å²) < 4.78 is 1.48. The Hall–Kier alpha value is -2.47. The smallest absolute Gasteiger partial charge is 0.271 e. The monoisotopic (exact) mass is 339 g/mol. The second-order valence-electron chi connectivity index (χ2n) is 6.28. The Morgan fingerprint density at radius 1 is 1.38 bits per heavy atom. The van der Waals surface area contributed by atoms with Gasteiger partial charge in [0.2, 0.25) is 0 Å². The van der Waals surface area contributed by atoms with Gasteiger partial charge in [0, 0.05) is 29.7 Å². The van der Waals surface area contributed by atoms with Gasteiger partial charge in [-0.25, -0.2) is 4.98 Å². The number of hydrogen-bond donors (Lipinski definition) is 1. The molecule has 2 aromatic heterocycles. The van der Waals surface area contributed by atoms with Gasteiger partial charge in [-0.05, 0) is 17.9 Å². The molecule has 0 saturated heterocycles. The highest BCUT2D eigenvalue weighted by molar-refractivity contribution is 7.17. The van der Waals surface area contributed by atoms with Crippen molar-refractivity contribution in [3.63, 3.8) is 0 Å². The highest BCUT2D eigenvalue weighted by Gasteiger charge is 2.34. The van der Waals surface area contributed by atoms with E-state index in [1.807, 2.05) is 18.2 Å². The maximum atomic E-state index is 12.6. The summed E-state index contributed by atoms with van der Waals surface area (Å²) in [6, 6.07) is 10.3. The van der Waals surface area contributed by atoms with Crippen molar-refractivity contribution in [1.29, 1.82) is 0 Å². The van der Waals surface area contributed by atoms with Crippen molar-refractivity contribution in [2.24, 2.45) is 5.92 Å². The van der Waals surface area contributed by atoms with Crippen LogP contribution in [0, 0.1) is 5.92 Å². The van der Waals surface area contributed by atoms with Gasteiger partial charge in [0.25, 0.3) is 11.5 Å². The topological polar surface area (TPSA) is 63.5 Å². The third-order valence-corrected chi connectivity index (χ3v) is 5.34. The summed E-state index contributed by atoms with van der Waals surface area (Å²) in [5.41, 5.74) is 0.981. The lowest BCUT2D eigenvalue weighted by Gasteiger charge is -2.02. The van der Waals surface area contributed by atoms with Crippen LogP contribution in [-0.4, -0.2) is 21.3 Å². The molecule has 122 valence electrons. The van der Waals surface area contributed by atoms with Crippen LogP contribution >= 0.6 is 11.3 Å². The zero-order valence-electron chi connectivity index (χ0n) is 13.2. The third-order valence-electron chi connectivity index (χ3n) is 4.35. The molecule has 1 fully saturated rings. The lowest BCUT2D eigenvalue weighted by atomic mass is 10.1. The van der Waals surface area contributed by atoms with Gasteiger partial charge in [0.15, 0.2) is 4.96 Å². The van der Waals surface area contributed by atoms with Crippen LogP contribution < -0.4 is 10.9 Å². The Morgan fingerprint density at radius 3 is 2.83 bits per heavy atom. The number of aromatic nitrogens is 2. The lowest BCUT2D eigenvalue weighted by molar-refractivity contribution is 0.0947. The maximum Gasteiger partial charge on any atom is 0.271 e. The molecule has 1 aliphatic carbocycles. The number of nitrogens with zero attached hydrogens (tertiary/aromatic N) is 2.